The zero-order valence-electron chi connectivity index (χ0n) is 13.7. The van der Waals surface area contributed by atoms with Crippen molar-refractivity contribution in [2.45, 2.75) is 12.6 Å². The number of hydrogen-bond donors (Lipinski definition) is 1. The molecular formula is C19H15FN4O2. The van der Waals surface area contributed by atoms with E-state index in [1.54, 1.807) is 24.3 Å². The van der Waals surface area contributed by atoms with Crippen LogP contribution in [0.15, 0.2) is 71.9 Å². The summed E-state index contributed by atoms with van der Waals surface area (Å²) in [7, 11) is 0. The summed E-state index contributed by atoms with van der Waals surface area (Å²) in [6.07, 6.45) is 2.00. The molecule has 1 atom stereocenters. The number of benzene rings is 2. The van der Waals surface area contributed by atoms with E-state index in [1.165, 1.54) is 33.9 Å². The van der Waals surface area contributed by atoms with Gasteiger partial charge in [-0.25, -0.2) is 14.1 Å². The van der Waals surface area contributed by atoms with Gasteiger partial charge >= 0.3 is 0 Å². The third-order valence-electron chi connectivity index (χ3n) is 4.18. The number of aliphatic hydroxyl groups is 1. The fourth-order valence-corrected chi connectivity index (χ4v) is 2.82. The molecule has 0 aliphatic carbocycles. The quantitative estimate of drug-likeness (QED) is 0.614. The van der Waals surface area contributed by atoms with E-state index in [-0.39, 0.29) is 17.9 Å². The smallest absolute Gasteiger partial charge is 0.264 e. The monoisotopic (exact) mass is 350 g/mol. The maximum absolute atomic E-state index is 13.1. The lowest BCUT2D eigenvalue weighted by Gasteiger charge is -2.12. The maximum atomic E-state index is 13.1. The predicted molar refractivity (Wildman–Crippen MR) is 94.5 cm³/mol. The second kappa shape index (κ2) is 6.53. The first-order valence-corrected chi connectivity index (χ1v) is 8.05. The predicted octanol–water partition coefficient (Wildman–Crippen LogP) is 2.45. The molecule has 4 aromatic rings. The van der Waals surface area contributed by atoms with Crippen LogP contribution in [0.3, 0.4) is 0 Å². The lowest BCUT2D eigenvalue weighted by atomic mass is 10.1. The minimum atomic E-state index is -0.819. The van der Waals surface area contributed by atoms with Crippen molar-refractivity contribution in [2.24, 2.45) is 0 Å². The average Bonchev–Trinajstić information content (AvgIpc) is 3.10. The molecule has 1 N–H and O–H groups in total. The van der Waals surface area contributed by atoms with Crippen molar-refractivity contribution in [1.82, 2.24) is 19.3 Å². The largest absolute Gasteiger partial charge is 0.387 e. The molecule has 2 aromatic heterocycles. The summed E-state index contributed by atoms with van der Waals surface area (Å²) in [6.45, 7) is 0.0908. The average molecular weight is 350 g/mol. The zero-order valence-corrected chi connectivity index (χ0v) is 13.7. The van der Waals surface area contributed by atoms with Crippen LogP contribution < -0.4 is 5.56 Å². The van der Waals surface area contributed by atoms with E-state index in [1.807, 2.05) is 18.2 Å². The first-order valence-electron chi connectivity index (χ1n) is 8.05. The second-order valence-corrected chi connectivity index (χ2v) is 5.90. The number of aliphatic hydroxyl groups excluding tert-OH is 1. The first kappa shape index (κ1) is 16.2. The molecule has 130 valence electrons. The fraction of sp³-hybridized carbons (Fsp3) is 0.105. The van der Waals surface area contributed by atoms with Crippen molar-refractivity contribution in [3.63, 3.8) is 0 Å². The Kier molecular flexibility index (Phi) is 4.06. The maximum Gasteiger partial charge on any atom is 0.264 e. The van der Waals surface area contributed by atoms with E-state index in [9.17, 15) is 14.3 Å². The highest BCUT2D eigenvalue weighted by Gasteiger charge is 2.14. The van der Waals surface area contributed by atoms with Crippen molar-refractivity contribution < 1.29 is 9.50 Å². The van der Waals surface area contributed by atoms with Crippen LogP contribution in [0, 0.1) is 5.82 Å². The molecule has 0 saturated carbocycles. The van der Waals surface area contributed by atoms with E-state index >= 15 is 0 Å². The van der Waals surface area contributed by atoms with E-state index in [0.717, 1.165) is 5.56 Å². The van der Waals surface area contributed by atoms with Crippen LogP contribution >= 0.6 is 0 Å². The SMILES string of the molecule is O=c1c2cnn(-c3ccc(F)cc3)c2ncn1C[C@@H](O)c1ccccc1. The number of fused-ring (bicyclic) bond motifs is 1. The van der Waals surface area contributed by atoms with Crippen LogP contribution in [0.5, 0.6) is 0 Å². The van der Waals surface area contributed by atoms with Gasteiger partial charge < -0.3 is 5.11 Å². The highest BCUT2D eigenvalue weighted by atomic mass is 19.1. The minimum absolute atomic E-state index is 0.0908. The van der Waals surface area contributed by atoms with E-state index < -0.39 is 6.10 Å². The van der Waals surface area contributed by atoms with Crippen LogP contribution in [0.1, 0.15) is 11.7 Å². The molecule has 7 heteroatoms. The summed E-state index contributed by atoms with van der Waals surface area (Å²) in [5.41, 5.74) is 1.42. The van der Waals surface area contributed by atoms with Crippen molar-refractivity contribution in [1.29, 1.82) is 0 Å². The Morgan fingerprint density at radius 1 is 1.08 bits per heavy atom. The van der Waals surface area contributed by atoms with Crippen LogP contribution in [-0.2, 0) is 6.54 Å². The molecule has 0 unspecified atom stereocenters. The lowest BCUT2D eigenvalue weighted by molar-refractivity contribution is 0.155. The van der Waals surface area contributed by atoms with Gasteiger partial charge in [0.15, 0.2) is 5.65 Å². The zero-order chi connectivity index (χ0) is 18.1. The number of hydrogen-bond acceptors (Lipinski definition) is 4. The second-order valence-electron chi connectivity index (χ2n) is 5.90. The summed E-state index contributed by atoms with van der Waals surface area (Å²) < 4.78 is 15.9. The number of rotatable bonds is 4. The molecule has 0 saturated heterocycles. The van der Waals surface area contributed by atoms with Gasteiger partial charge in [-0.3, -0.25) is 9.36 Å². The molecule has 0 fully saturated rings. The molecule has 0 aliphatic heterocycles. The van der Waals surface area contributed by atoms with E-state index in [4.69, 9.17) is 0 Å². The van der Waals surface area contributed by atoms with E-state index in [0.29, 0.717) is 16.7 Å². The third kappa shape index (κ3) is 2.89. The number of halogens is 1. The number of nitrogens with zero attached hydrogens (tertiary/aromatic N) is 4. The highest BCUT2D eigenvalue weighted by Crippen LogP contribution is 2.16. The Balaban J connectivity index is 1.70. The summed E-state index contributed by atoms with van der Waals surface area (Å²) in [6, 6.07) is 14.9. The summed E-state index contributed by atoms with van der Waals surface area (Å²) in [5, 5.41) is 14.9. The summed E-state index contributed by atoms with van der Waals surface area (Å²) in [5.74, 6) is -0.351. The van der Waals surface area contributed by atoms with Crippen molar-refractivity contribution in [2.75, 3.05) is 0 Å². The third-order valence-corrected chi connectivity index (χ3v) is 4.18. The molecule has 6 nitrogen and oxygen atoms in total. The fourth-order valence-electron chi connectivity index (χ4n) is 2.82. The van der Waals surface area contributed by atoms with Gasteiger partial charge in [0.05, 0.1) is 24.5 Å². The molecule has 0 spiro atoms. The van der Waals surface area contributed by atoms with Gasteiger partial charge in [0.2, 0.25) is 0 Å². The summed E-state index contributed by atoms with van der Waals surface area (Å²) in [4.78, 5) is 17.0. The van der Waals surface area contributed by atoms with Crippen molar-refractivity contribution in [3.05, 3.63) is 88.9 Å². The molecule has 0 amide bonds. The van der Waals surface area contributed by atoms with Gasteiger partial charge in [-0.2, -0.15) is 5.10 Å². The number of aromatic nitrogens is 4. The van der Waals surface area contributed by atoms with Gasteiger partial charge in [0.25, 0.3) is 5.56 Å². The first-order chi connectivity index (χ1) is 12.6. The van der Waals surface area contributed by atoms with Gasteiger partial charge in [-0.1, -0.05) is 30.3 Å². The van der Waals surface area contributed by atoms with Gasteiger partial charge in [-0.15, -0.1) is 0 Å². The van der Waals surface area contributed by atoms with Crippen LogP contribution in [0.4, 0.5) is 4.39 Å². The molecule has 4 rings (SSSR count). The Bertz CT molecular complexity index is 1100. The minimum Gasteiger partial charge on any atom is -0.387 e. The van der Waals surface area contributed by atoms with Crippen LogP contribution in [0.25, 0.3) is 16.7 Å². The lowest BCUT2D eigenvalue weighted by Crippen LogP contribution is -2.23. The highest BCUT2D eigenvalue weighted by molar-refractivity contribution is 5.74. The van der Waals surface area contributed by atoms with Crippen LogP contribution in [0.2, 0.25) is 0 Å². The topological polar surface area (TPSA) is 72.9 Å². The molecular weight excluding hydrogens is 335 g/mol. The summed E-state index contributed by atoms with van der Waals surface area (Å²) >= 11 is 0. The van der Waals surface area contributed by atoms with Gasteiger partial charge in [0.1, 0.15) is 17.5 Å². The molecule has 2 heterocycles. The Morgan fingerprint density at radius 2 is 1.81 bits per heavy atom. The van der Waals surface area contributed by atoms with E-state index in [2.05, 4.69) is 10.1 Å². The molecule has 0 aliphatic rings. The van der Waals surface area contributed by atoms with Crippen LogP contribution in [-0.4, -0.2) is 24.4 Å². The molecule has 2 aromatic carbocycles. The standard InChI is InChI=1S/C19H15FN4O2/c20-14-6-8-15(9-7-14)24-18-16(10-22-24)19(26)23(12-21-18)11-17(25)13-4-2-1-3-5-13/h1-10,12,17,25H,11H2/t17-/m1/s1. The van der Waals surface area contributed by atoms with Crippen molar-refractivity contribution >= 4 is 11.0 Å². The molecule has 0 bridgehead atoms. The molecule has 26 heavy (non-hydrogen) atoms. The Morgan fingerprint density at radius 3 is 2.54 bits per heavy atom. The normalized spacial score (nSPS) is 12.4. The van der Waals surface area contributed by atoms with Gasteiger partial charge in [-0.05, 0) is 29.8 Å². The Labute approximate surface area is 147 Å². The molecule has 0 radical (unpaired) electrons. The van der Waals surface area contributed by atoms with Crippen molar-refractivity contribution in [3.8, 4) is 5.69 Å². The Hall–Kier alpha value is -3.32. The van der Waals surface area contributed by atoms with Gasteiger partial charge in [0, 0.05) is 0 Å².